The number of rotatable bonds is 11. The smallest absolute Gasteiger partial charge is 0.309 e. The Morgan fingerprint density at radius 3 is 1.88 bits per heavy atom. The fraction of sp³-hybridized carbons (Fsp3) is 1.00. The van der Waals surface area contributed by atoms with Gasteiger partial charge in [0.1, 0.15) is 0 Å². The first-order valence-corrected chi connectivity index (χ1v) is 8.39. The van der Waals surface area contributed by atoms with E-state index < -0.39 is 7.60 Å². The largest absolute Gasteiger partial charge is 0.330 e. The normalized spacial score (nSPS) is 11.9. The third-order valence-corrected chi connectivity index (χ3v) is 4.42. The van der Waals surface area contributed by atoms with Crippen LogP contribution in [0.15, 0.2) is 0 Å². The summed E-state index contributed by atoms with van der Waals surface area (Å²) in [6.07, 6.45) is 5.01. The molecule has 0 saturated heterocycles. The minimum absolute atomic E-state index is 0.434. The summed E-state index contributed by atoms with van der Waals surface area (Å²) in [5.41, 5.74) is 0. The number of unbranched alkanes of at least 4 members (excludes halogenated alkanes) is 2. The molecule has 98 valence electrons. The first-order valence-electron chi connectivity index (χ1n) is 6.12. The topological polar surface area (TPSA) is 35.5 Å². The van der Waals surface area contributed by atoms with Crippen LogP contribution in [0.4, 0.5) is 0 Å². The van der Waals surface area contributed by atoms with Crippen molar-refractivity contribution in [2.45, 2.75) is 46.0 Å². The fourth-order valence-electron chi connectivity index (χ4n) is 1.12. The molecule has 5 heteroatoms. The highest BCUT2D eigenvalue weighted by atomic mass is 35.5. The van der Waals surface area contributed by atoms with Gasteiger partial charge in [0.25, 0.3) is 0 Å². The van der Waals surface area contributed by atoms with E-state index in [0.29, 0.717) is 31.7 Å². The van der Waals surface area contributed by atoms with Gasteiger partial charge in [-0.3, -0.25) is 4.57 Å². The second kappa shape index (κ2) is 10.6. The van der Waals surface area contributed by atoms with E-state index >= 15 is 0 Å². The van der Waals surface area contributed by atoms with Crippen molar-refractivity contribution >= 4 is 19.2 Å². The molecule has 0 unspecified atom stereocenters. The minimum Gasteiger partial charge on any atom is -0.309 e. The van der Waals surface area contributed by atoms with Gasteiger partial charge < -0.3 is 9.05 Å². The van der Waals surface area contributed by atoms with E-state index in [4.69, 9.17) is 20.6 Å². The van der Waals surface area contributed by atoms with Crippen LogP contribution in [0.3, 0.4) is 0 Å². The molecule has 0 heterocycles. The maximum atomic E-state index is 12.2. The zero-order valence-electron chi connectivity index (χ0n) is 10.4. The summed E-state index contributed by atoms with van der Waals surface area (Å²) in [7, 11) is -2.88. The summed E-state index contributed by atoms with van der Waals surface area (Å²) < 4.78 is 23.0. The lowest BCUT2D eigenvalue weighted by molar-refractivity contribution is 0.200. The SMILES string of the molecule is CCCCOP(=O)(CCCCl)OCCCC. The Morgan fingerprint density at radius 2 is 1.50 bits per heavy atom. The van der Waals surface area contributed by atoms with E-state index in [1.165, 1.54) is 0 Å². The molecule has 0 aliphatic rings. The molecule has 0 aromatic rings. The molecule has 0 aliphatic heterocycles. The monoisotopic (exact) mass is 270 g/mol. The van der Waals surface area contributed by atoms with E-state index in [0.717, 1.165) is 25.7 Å². The zero-order chi connectivity index (χ0) is 12.3. The summed E-state index contributed by atoms with van der Waals surface area (Å²) in [6, 6.07) is 0. The summed E-state index contributed by atoms with van der Waals surface area (Å²) in [5, 5.41) is 0. The number of alkyl halides is 1. The van der Waals surface area contributed by atoms with Gasteiger partial charge in [0.2, 0.25) is 0 Å². The number of halogens is 1. The van der Waals surface area contributed by atoms with Crippen LogP contribution in [-0.4, -0.2) is 25.3 Å². The van der Waals surface area contributed by atoms with Crippen LogP contribution in [0.2, 0.25) is 0 Å². The Morgan fingerprint density at radius 1 is 1.00 bits per heavy atom. The number of hydrogen-bond acceptors (Lipinski definition) is 3. The van der Waals surface area contributed by atoms with Crippen molar-refractivity contribution in [1.82, 2.24) is 0 Å². The first kappa shape index (κ1) is 16.4. The van der Waals surface area contributed by atoms with E-state index in [-0.39, 0.29) is 0 Å². The summed E-state index contributed by atoms with van der Waals surface area (Å²) in [4.78, 5) is 0. The number of hydrogen-bond donors (Lipinski definition) is 0. The van der Waals surface area contributed by atoms with Crippen LogP contribution >= 0.6 is 19.2 Å². The minimum atomic E-state index is -2.88. The van der Waals surface area contributed by atoms with Crippen molar-refractivity contribution in [3.8, 4) is 0 Å². The molecule has 16 heavy (non-hydrogen) atoms. The quantitative estimate of drug-likeness (QED) is 0.316. The Kier molecular flexibility index (Phi) is 10.9. The van der Waals surface area contributed by atoms with Crippen molar-refractivity contribution in [1.29, 1.82) is 0 Å². The molecule has 0 aromatic carbocycles. The van der Waals surface area contributed by atoms with Crippen LogP contribution in [0.1, 0.15) is 46.0 Å². The molecule has 0 saturated carbocycles. The predicted octanol–water partition coefficient (Wildman–Crippen LogP) is 4.44. The van der Waals surface area contributed by atoms with Crippen LogP contribution in [-0.2, 0) is 13.6 Å². The van der Waals surface area contributed by atoms with Crippen molar-refractivity contribution in [3.05, 3.63) is 0 Å². The fourth-order valence-corrected chi connectivity index (χ4v) is 3.13. The van der Waals surface area contributed by atoms with E-state index in [2.05, 4.69) is 13.8 Å². The van der Waals surface area contributed by atoms with Crippen molar-refractivity contribution in [2.75, 3.05) is 25.3 Å². The second-order valence-corrected chi connectivity index (χ2v) is 6.31. The van der Waals surface area contributed by atoms with E-state index in [9.17, 15) is 4.57 Å². The second-order valence-electron chi connectivity index (χ2n) is 3.75. The third kappa shape index (κ3) is 8.58. The van der Waals surface area contributed by atoms with Crippen molar-refractivity contribution in [2.24, 2.45) is 0 Å². The molecule has 0 spiro atoms. The van der Waals surface area contributed by atoms with E-state index in [1.807, 2.05) is 0 Å². The molecule has 0 bridgehead atoms. The molecule has 0 fully saturated rings. The highest BCUT2D eigenvalue weighted by Crippen LogP contribution is 2.49. The van der Waals surface area contributed by atoms with Gasteiger partial charge >= 0.3 is 7.60 Å². The summed E-state index contributed by atoms with van der Waals surface area (Å²) >= 11 is 5.60. The molecule has 0 atom stereocenters. The van der Waals surface area contributed by atoms with Gasteiger partial charge in [-0.05, 0) is 19.3 Å². The maximum absolute atomic E-state index is 12.2. The van der Waals surface area contributed by atoms with Gasteiger partial charge in [0.15, 0.2) is 0 Å². The predicted molar refractivity (Wildman–Crippen MR) is 69.5 cm³/mol. The molecule has 3 nitrogen and oxygen atoms in total. The highest BCUT2D eigenvalue weighted by molar-refractivity contribution is 7.53. The summed E-state index contributed by atoms with van der Waals surface area (Å²) in [5.74, 6) is 0.498. The molecular formula is C11H24ClO3P. The Labute approximate surface area is 104 Å². The Hall–Kier alpha value is 0.440. The van der Waals surface area contributed by atoms with Gasteiger partial charge in [-0.15, -0.1) is 11.6 Å². The first-order chi connectivity index (χ1) is 7.68. The average molecular weight is 271 g/mol. The summed E-state index contributed by atoms with van der Waals surface area (Å²) in [6.45, 7) is 5.18. The standard InChI is InChI=1S/C11H24ClO3P/c1-3-5-9-14-16(13,11-7-8-12)15-10-6-4-2/h3-11H2,1-2H3. The molecule has 0 amide bonds. The van der Waals surface area contributed by atoms with Crippen molar-refractivity contribution < 1.29 is 13.6 Å². The lowest BCUT2D eigenvalue weighted by atomic mass is 10.4. The third-order valence-electron chi connectivity index (χ3n) is 2.14. The van der Waals surface area contributed by atoms with Gasteiger partial charge in [0.05, 0.1) is 19.4 Å². The zero-order valence-corrected chi connectivity index (χ0v) is 12.1. The van der Waals surface area contributed by atoms with Crippen LogP contribution in [0.5, 0.6) is 0 Å². The maximum Gasteiger partial charge on any atom is 0.330 e. The molecule has 0 rings (SSSR count). The molecule has 0 N–H and O–H groups in total. The molecule has 0 aromatic heterocycles. The Bertz CT molecular complexity index is 186. The van der Waals surface area contributed by atoms with Crippen LogP contribution in [0, 0.1) is 0 Å². The molecule has 0 radical (unpaired) electrons. The van der Waals surface area contributed by atoms with Gasteiger partial charge in [0, 0.05) is 5.88 Å². The van der Waals surface area contributed by atoms with Gasteiger partial charge in [-0.2, -0.15) is 0 Å². The van der Waals surface area contributed by atoms with Crippen molar-refractivity contribution in [3.63, 3.8) is 0 Å². The van der Waals surface area contributed by atoms with Gasteiger partial charge in [-0.25, -0.2) is 0 Å². The average Bonchev–Trinajstić information content (AvgIpc) is 2.27. The van der Waals surface area contributed by atoms with Gasteiger partial charge in [-0.1, -0.05) is 26.7 Å². The molecule has 0 aliphatic carbocycles. The van der Waals surface area contributed by atoms with Crippen LogP contribution in [0.25, 0.3) is 0 Å². The Balaban J connectivity index is 3.97. The lowest BCUT2D eigenvalue weighted by Crippen LogP contribution is -2.03. The highest BCUT2D eigenvalue weighted by Gasteiger charge is 2.23. The van der Waals surface area contributed by atoms with E-state index in [1.54, 1.807) is 0 Å². The molecular weight excluding hydrogens is 247 g/mol. The van der Waals surface area contributed by atoms with Crippen LogP contribution < -0.4 is 0 Å². The lowest BCUT2D eigenvalue weighted by Gasteiger charge is -2.18.